The van der Waals surface area contributed by atoms with Gasteiger partial charge in [0.1, 0.15) is 5.78 Å². The van der Waals surface area contributed by atoms with Gasteiger partial charge < -0.3 is 20.1 Å². The first kappa shape index (κ1) is 23.5. The third kappa shape index (κ3) is 5.61. The van der Waals surface area contributed by atoms with Crippen LogP contribution in [0.2, 0.25) is 10.0 Å². The highest BCUT2D eigenvalue weighted by molar-refractivity contribution is 6.36. The normalized spacial score (nSPS) is 21.6. The van der Waals surface area contributed by atoms with Crippen LogP contribution in [0, 0.1) is 11.8 Å². The zero-order chi connectivity index (χ0) is 22.5. The number of hydrogen-bond acceptors (Lipinski definition) is 6. The second-order valence-corrected chi connectivity index (χ2v) is 9.28. The number of nitrogens with zero attached hydrogens (tertiary/aromatic N) is 1. The number of carbonyl (C=O) groups excluding carboxylic acids is 1. The number of pyridine rings is 1. The molecule has 32 heavy (non-hydrogen) atoms. The molecule has 2 atom stereocenters. The molecule has 0 saturated carbocycles. The summed E-state index contributed by atoms with van der Waals surface area (Å²) in [6.07, 6.45) is 3.87. The Hall–Kier alpha value is -1.70. The number of hydrogen-bond donors (Lipinski definition) is 2. The molecule has 4 rings (SSSR count). The Kier molecular flexibility index (Phi) is 8.02. The van der Waals surface area contributed by atoms with Crippen LogP contribution in [0.15, 0.2) is 30.5 Å². The second kappa shape index (κ2) is 10.9. The molecule has 2 N–H and O–H groups in total. The van der Waals surface area contributed by atoms with Crippen molar-refractivity contribution < 1.29 is 14.3 Å². The molecule has 172 valence electrons. The van der Waals surface area contributed by atoms with E-state index in [2.05, 4.69) is 15.6 Å². The van der Waals surface area contributed by atoms with Crippen LogP contribution in [0.5, 0.6) is 0 Å². The molecule has 2 fully saturated rings. The molecule has 2 saturated heterocycles. The number of Topliss-reactive ketones (excluding diaryl/α,β-unsaturated/α-hetero) is 1. The summed E-state index contributed by atoms with van der Waals surface area (Å²) >= 11 is 13.0. The van der Waals surface area contributed by atoms with Crippen molar-refractivity contribution in [3.8, 4) is 11.1 Å². The highest BCUT2D eigenvalue weighted by atomic mass is 35.5. The number of rotatable bonds is 8. The molecule has 0 unspecified atom stereocenters. The minimum absolute atomic E-state index is 0.0952. The van der Waals surface area contributed by atoms with Crippen molar-refractivity contribution in [1.29, 1.82) is 0 Å². The highest BCUT2D eigenvalue weighted by Crippen LogP contribution is 2.35. The molecule has 1 aromatic heterocycles. The highest BCUT2D eigenvalue weighted by Gasteiger charge is 2.32. The molecule has 2 aliphatic rings. The molecule has 0 amide bonds. The van der Waals surface area contributed by atoms with Crippen molar-refractivity contribution in [2.45, 2.75) is 25.4 Å². The van der Waals surface area contributed by atoms with E-state index < -0.39 is 0 Å². The fraction of sp³-hybridized carbons (Fsp3) is 0.500. The lowest BCUT2D eigenvalue weighted by atomic mass is 9.96. The maximum atomic E-state index is 12.8. The Balaban J connectivity index is 1.50. The first-order valence-electron chi connectivity index (χ1n) is 11.1. The fourth-order valence-electron chi connectivity index (χ4n) is 4.37. The zero-order valence-corrected chi connectivity index (χ0v) is 19.7. The van der Waals surface area contributed by atoms with Crippen LogP contribution in [0.3, 0.4) is 0 Å². The predicted octanol–water partition coefficient (Wildman–Crippen LogP) is 4.24. The number of ketones is 1. The standard InChI is InChI=1S/C24H29Cl2N3O3/c1-31-24-14-27-12-20(24)23(30)10-17-9-19(22(26)13-29-17)18-8-16(2-3-21(18)25)28-11-15-4-6-32-7-5-15/h2-3,8-9,13,15,20,24,27-28H,4-7,10-12,14H2,1H3/t20-,24+/m1/s1. The fourth-order valence-corrected chi connectivity index (χ4v) is 4.80. The van der Waals surface area contributed by atoms with E-state index in [1.165, 1.54) is 0 Å². The van der Waals surface area contributed by atoms with Crippen LogP contribution in [-0.4, -0.2) is 56.8 Å². The molecule has 1 aromatic carbocycles. The average Bonchev–Trinajstić information content (AvgIpc) is 3.30. The molecule has 0 spiro atoms. The summed E-state index contributed by atoms with van der Waals surface area (Å²) in [6.45, 7) is 3.87. The number of benzene rings is 1. The summed E-state index contributed by atoms with van der Waals surface area (Å²) in [5.74, 6) is 0.550. The van der Waals surface area contributed by atoms with Crippen molar-refractivity contribution >= 4 is 34.7 Å². The third-order valence-corrected chi connectivity index (χ3v) is 6.97. The number of anilines is 1. The maximum Gasteiger partial charge on any atom is 0.145 e. The SMILES string of the molecule is CO[C@H]1CNC[C@@H]1C(=O)Cc1cc(-c2cc(NCC3CCOCC3)ccc2Cl)c(Cl)cn1. The first-order valence-corrected chi connectivity index (χ1v) is 11.8. The molecule has 0 aliphatic carbocycles. The van der Waals surface area contributed by atoms with Gasteiger partial charge in [-0.1, -0.05) is 23.2 Å². The Bertz CT molecular complexity index is 950. The van der Waals surface area contributed by atoms with Crippen molar-refractivity contribution in [2.75, 3.05) is 45.3 Å². The van der Waals surface area contributed by atoms with Gasteiger partial charge in [0.25, 0.3) is 0 Å². The largest absolute Gasteiger partial charge is 0.385 e. The average molecular weight is 478 g/mol. The summed E-state index contributed by atoms with van der Waals surface area (Å²) < 4.78 is 10.9. The minimum Gasteiger partial charge on any atom is -0.385 e. The summed E-state index contributed by atoms with van der Waals surface area (Å²) in [5.41, 5.74) is 3.26. The van der Waals surface area contributed by atoms with Gasteiger partial charge in [-0.15, -0.1) is 0 Å². The maximum absolute atomic E-state index is 12.8. The number of nitrogens with one attached hydrogen (secondary N) is 2. The van der Waals surface area contributed by atoms with Gasteiger partial charge in [0.05, 0.1) is 17.0 Å². The van der Waals surface area contributed by atoms with Crippen molar-refractivity contribution in [3.63, 3.8) is 0 Å². The second-order valence-electron chi connectivity index (χ2n) is 8.47. The quantitative estimate of drug-likeness (QED) is 0.592. The Labute approximate surface area is 199 Å². The van der Waals surface area contributed by atoms with Crippen LogP contribution in [0.25, 0.3) is 11.1 Å². The van der Waals surface area contributed by atoms with Gasteiger partial charge in [0.2, 0.25) is 0 Å². The lowest BCUT2D eigenvalue weighted by Gasteiger charge is -2.23. The lowest BCUT2D eigenvalue weighted by molar-refractivity contribution is -0.124. The third-order valence-electron chi connectivity index (χ3n) is 6.33. The van der Waals surface area contributed by atoms with Crippen LogP contribution < -0.4 is 10.6 Å². The Morgan fingerprint density at radius 1 is 1.19 bits per heavy atom. The van der Waals surface area contributed by atoms with Crippen LogP contribution in [0.1, 0.15) is 18.5 Å². The van der Waals surface area contributed by atoms with Gasteiger partial charge in [-0.3, -0.25) is 9.78 Å². The van der Waals surface area contributed by atoms with E-state index in [9.17, 15) is 4.79 Å². The van der Waals surface area contributed by atoms with Crippen molar-refractivity contribution in [3.05, 3.63) is 46.2 Å². The number of methoxy groups -OCH3 is 1. The van der Waals surface area contributed by atoms with E-state index in [1.54, 1.807) is 13.3 Å². The van der Waals surface area contributed by atoms with Gasteiger partial charge in [-0.25, -0.2) is 0 Å². The van der Waals surface area contributed by atoms with E-state index in [0.29, 0.717) is 34.7 Å². The van der Waals surface area contributed by atoms with Crippen LogP contribution in [0.4, 0.5) is 5.69 Å². The summed E-state index contributed by atoms with van der Waals surface area (Å²) in [7, 11) is 1.64. The topological polar surface area (TPSA) is 72.5 Å². The van der Waals surface area contributed by atoms with E-state index in [4.69, 9.17) is 32.7 Å². The van der Waals surface area contributed by atoms with Gasteiger partial charge in [0, 0.05) is 80.1 Å². The zero-order valence-electron chi connectivity index (χ0n) is 18.2. The molecule has 2 aromatic rings. The van der Waals surface area contributed by atoms with E-state index in [1.807, 2.05) is 24.3 Å². The monoisotopic (exact) mass is 477 g/mol. The van der Waals surface area contributed by atoms with Gasteiger partial charge in [-0.2, -0.15) is 0 Å². The molecule has 2 aliphatic heterocycles. The molecule has 6 nitrogen and oxygen atoms in total. The molecule has 8 heteroatoms. The van der Waals surface area contributed by atoms with Crippen LogP contribution in [-0.2, 0) is 20.7 Å². The number of aromatic nitrogens is 1. The van der Waals surface area contributed by atoms with E-state index in [-0.39, 0.29) is 24.2 Å². The number of halogens is 2. The van der Waals surface area contributed by atoms with Gasteiger partial charge >= 0.3 is 0 Å². The summed E-state index contributed by atoms with van der Waals surface area (Å²) in [5, 5.41) is 7.84. The van der Waals surface area contributed by atoms with Gasteiger partial charge in [0.15, 0.2) is 0 Å². The molecular formula is C24H29Cl2N3O3. The van der Waals surface area contributed by atoms with Gasteiger partial charge in [-0.05, 0) is 43.0 Å². The van der Waals surface area contributed by atoms with Crippen LogP contribution >= 0.6 is 23.2 Å². The Morgan fingerprint density at radius 2 is 1.97 bits per heavy atom. The number of carbonyl (C=O) groups is 1. The summed E-state index contributed by atoms with van der Waals surface area (Å²) in [6, 6.07) is 7.73. The molecule has 0 radical (unpaired) electrons. The predicted molar refractivity (Wildman–Crippen MR) is 128 cm³/mol. The molecular weight excluding hydrogens is 449 g/mol. The lowest BCUT2D eigenvalue weighted by Crippen LogP contribution is -2.29. The van der Waals surface area contributed by atoms with Crippen molar-refractivity contribution in [1.82, 2.24) is 10.3 Å². The summed E-state index contributed by atoms with van der Waals surface area (Å²) in [4.78, 5) is 17.2. The molecule has 3 heterocycles. The first-order chi connectivity index (χ1) is 15.5. The molecule has 0 bridgehead atoms. The van der Waals surface area contributed by atoms with E-state index in [0.717, 1.165) is 49.4 Å². The smallest absolute Gasteiger partial charge is 0.145 e. The van der Waals surface area contributed by atoms with E-state index >= 15 is 0 Å². The minimum atomic E-state index is -0.165. The van der Waals surface area contributed by atoms with Crippen molar-refractivity contribution in [2.24, 2.45) is 11.8 Å². The number of ether oxygens (including phenoxy) is 2. The Morgan fingerprint density at radius 3 is 2.75 bits per heavy atom.